The van der Waals surface area contributed by atoms with E-state index in [1.807, 2.05) is 44.2 Å². The zero-order valence-electron chi connectivity index (χ0n) is 15.4. The number of rotatable bonds is 6. The van der Waals surface area contributed by atoms with Crippen molar-refractivity contribution >= 4 is 11.7 Å². The fraction of sp³-hybridized carbons (Fsp3) is 0.273. The summed E-state index contributed by atoms with van der Waals surface area (Å²) in [5.41, 5.74) is 1.36. The van der Waals surface area contributed by atoms with Crippen molar-refractivity contribution in [3.05, 3.63) is 77.1 Å². The Labute approximate surface area is 158 Å². The molecule has 5 nitrogen and oxygen atoms in total. The fourth-order valence-electron chi connectivity index (χ4n) is 3.40. The molecule has 0 radical (unpaired) electrons. The summed E-state index contributed by atoms with van der Waals surface area (Å²) >= 11 is 0. The third-order valence-electron chi connectivity index (χ3n) is 4.62. The maximum absolute atomic E-state index is 12.8. The van der Waals surface area contributed by atoms with Gasteiger partial charge in [-0.15, -0.1) is 0 Å². The standard InChI is InChI=1S/C22H23NO4/c1-14(2)12-18(25)19-20(16-10-6-7-11-17(16)24)23(22(27)21(19)26)13-15-8-4-3-5-9-15/h3-11,14,20,24,26H,12-13H2,1-2H3. The van der Waals surface area contributed by atoms with Crippen molar-refractivity contribution in [2.24, 2.45) is 5.92 Å². The van der Waals surface area contributed by atoms with E-state index < -0.39 is 17.7 Å². The number of hydrogen-bond acceptors (Lipinski definition) is 4. The number of amides is 1. The first-order valence-electron chi connectivity index (χ1n) is 8.99. The number of aliphatic hydroxyl groups is 1. The van der Waals surface area contributed by atoms with E-state index in [1.54, 1.807) is 18.2 Å². The second kappa shape index (κ2) is 7.66. The van der Waals surface area contributed by atoms with Gasteiger partial charge >= 0.3 is 0 Å². The van der Waals surface area contributed by atoms with Gasteiger partial charge in [0.15, 0.2) is 11.5 Å². The topological polar surface area (TPSA) is 77.8 Å². The lowest BCUT2D eigenvalue weighted by molar-refractivity contribution is -0.130. The van der Waals surface area contributed by atoms with Crippen molar-refractivity contribution in [1.29, 1.82) is 0 Å². The van der Waals surface area contributed by atoms with E-state index in [0.29, 0.717) is 5.56 Å². The van der Waals surface area contributed by atoms with Crippen LogP contribution in [0.1, 0.15) is 37.4 Å². The smallest absolute Gasteiger partial charge is 0.290 e. The molecule has 3 rings (SSSR count). The monoisotopic (exact) mass is 365 g/mol. The van der Waals surface area contributed by atoms with Gasteiger partial charge in [-0.1, -0.05) is 62.4 Å². The molecule has 140 valence electrons. The second-order valence-corrected chi connectivity index (χ2v) is 7.16. The van der Waals surface area contributed by atoms with Gasteiger partial charge in [-0.3, -0.25) is 9.59 Å². The maximum atomic E-state index is 12.8. The average Bonchev–Trinajstić information content (AvgIpc) is 2.87. The largest absolute Gasteiger partial charge is 0.508 e. The van der Waals surface area contributed by atoms with Crippen LogP contribution >= 0.6 is 0 Å². The molecule has 0 saturated carbocycles. The van der Waals surface area contributed by atoms with Crippen LogP contribution in [0.3, 0.4) is 0 Å². The summed E-state index contributed by atoms with van der Waals surface area (Å²) in [6.45, 7) is 4.03. The molecule has 1 amide bonds. The minimum absolute atomic E-state index is 0.0158. The summed E-state index contributed by atoms with van der Waals surface area (Å²) in [7, 11) is 0. The van der Waals surface area contributed by atoms with E-state index in [4.69, 9.17) is 0 Å². The van der Waals surface area contributed by atoms with Crippen LogP contribution in [0.2, 0.25) is 0 Å². The van der Waals surface area contributed by atoms with Crippen molar-refractivity contribution in [2.45, 2.75) is 32.9 Å². The summed E-state index contributed by atoms with van der Waals surface area (Å²) in [5, 5.41) is 20.9. The number of para-hydroxylation sites is 1. The molecule has 27 heavy (non-hydrogen) atoms. The molecule has 1 aliphatic heterocycles. The molecule has 1 unspecified atom stereocenters. The number of nitrogens with zero attached hydrogens (tertiary/aromatic N) is 1. The molecular weight excluding hydrogens is 342 g/mol. The summed E-state index contributed by atoms with van der Waals surface area (Å²) in [4.78, 5) is 27.1. The molecule has 0 saturated heterocycles. The van der Waals surface area contributed by atoms with Gasteiger partial charge in [0.2, 0.25) is 0 Å². The number of ketones is 1. The zero-order valence-corrected chi connectivity index (χ0v) is 15.4. The third-order valence-corrected chi connectivity index (χ3v) is 4.62. The number of aromatic hydroxyl groups is 1. The van der Waals surface area contributed by atoms with E-state index in [9.17, 15) is 19.8 Å². The molecular formula is C22H23NO4. The Bertz CT molecular complexity index is 886. The molecule has 2 aromatic carbocycles. The van der Waals surface area contributed by atoms with Crippen LogP contribution in [-0.2, 0) is 16.1 Å². The van der Waals surface area contributed by atoms with Gasteiger partial charge in [0, 0.05) is 18.5 Å². The molecule has 0 bridgehead atoms. The number of phenolic OH excluding ortho intramolecular Hbond substituents is 1. The van der Waals surface area contributed by atoms with Gasteiger partial charge in [0.1, 0.15) is 5.75 Å². The third kappa shape index (κ3) is 3.72. The Kier molecular flexibility index (Phi) is 5.31. The molecule has 1 aliphatic rings. The van der Waals surface area contributed by atoms with Crippen molar-refractivity contribution in [3.63, 3.8) is 0 Å². The highest BCUT2D eigenvalue weighted by Gasteiger charge is 2.44. The molecule has 0 aromatic heterocycles. The van der Waals surface area contributed by atoms with Crippen LogP contribution in [0.5, 0.6) is 5.75 Å². The molecule has 0 aliphatic carbocycles. The van der Waals surface area contributed by atoms with Crippen molar-refractivity contribution in [1.82, 2.24) is 4.90 Å². The molecule has 2 aromatic rings. The number of hydrogen-bond donors (Lipinski definition) is 2. The lowest BCUT2D eigenvalue weighted by Gasteiger charge is -2.27. The van der Waals surface area contributed by atoms with Gasteiger partial charge < -0.3 is 15.1 Å². The number of carbonyl (C=O) groups is 2. The van der Waals surface area contributed by atoms with Crippen LogP contribution in [0.15, 0.2) is 65.9 Å². The molecule has 2 N–H and O–H groups in total. The molecule has 1 atom stereocenters. The van der Waals surface area contributed by atoms with E-state index in [1.165, 1.54) is 11.0 Å². The highest BCUT2D eigenvalue weighted by atomic mass is 16.3. The Balaban J connectivity index is 2.07. The van der Waals surface area contributed by atoms with Gasteiger partial charge in [-0.25, -0.2) is 0 Å². The molecule has 5 heteroatoms. The van der Waals surface area contributed by atoms with Gasteiger partial charge in [0.05, 0.1) is 11.6 Å². The van der Waals surface area contributed by atoms with Gasteiger partial charge in [-0.2, -0.15) is 0 Å². The van der Waals surface area contributed by atoms with Gasteiger partial charge in [-0.05, 0) is 17.5 Å². The van der Waals surface area contributed by atoms with E-state index in [0.717, 1.165) is 5.56 Å². The quantitative estimate of drug-likeness (QED) is 0.814. The summed E-state index contributed by atoms with van der Waals surface area (Å²) in [6, 6.07) is 15.1. The van der Waals surface area contributed by atoms with Crippen LogP contribution in [0.4, 0.5) is 0 Å². The second-order valence-electron chi connectivity index (χ2n) is 7.16. The summed E-state index contributed by atoms with van der Waals surface area (Å²) in [5.74, 6) is -1.33. The van der Waals surface area contributed by atoms with Gasteiger partial charge in [0.25, 0.3) is 5.91 Å². The summed E-state index contributed by atoms with van der Waals surface area (Å²) < 4.78 is 0. The van der Waals surface area contributed by atoms with Crippen molar-refractivity contribution < 1.29 is 19.8 Å². The van der Waals surface area contributed by atoms with Crippen molar-refractivity contribution in [3.8, 4) is 5.75 Å². The first-order valence-corrected chi connectivity index (χ1v) is 8.99. The van der Waals surface area contributed by atoms with E-state index in [2.05, 4.69) is 0 Å². The number of aliphatic hydroxyl groups excluding tert-OH is 1. The number of phenols is 1. The predicted molar refractivity (Wildman–Crippen MR) is 102 cm³/mol. The Hall–Kier alpha value is -3.08. The molecule has 1 heterocycles. The maximum Gasteiger partial charge on any atom is 0.290 e. The SMILES string of the molecule is CC(C)CC(=O)C1=C(O)C(=O)N(Cc2ccccc2)C1c1ccccc1O. The lowest BCUT2D eigenvalue weighted by atomic mass is 9.91. The first kappa shape index (κ1) is 18.7. The molecule has 0 spiro atoms. The fourth-order valence-corrected chi connectivity index (χ4v) is 3.40. The van der Waals surface area contributed by atoms with Crippen LogP contribution in [-0.4, -0.2) is 26.8 Å². The Morgan fingerprint density at radius 1 is 1.04 bits per heavy atom. The minimum Gasteiger partial charge on any atom is -0.508 e. The van der Waals surface area contributed by atoms with Crippen LogP contribution in [0.25, 0.3) is 0 Å². The first-order chi connectivity index (χ1) is 12.9. The average molecular weight is 365 g/mol. The highest BCUT2D eigenvalue weighted by molar-refractivity contribution is 6.09. The van der Waals surface area contributed by atoms with Crippen LogP contribution < -0.4 is 0 Å². The highest BCUT2D eigenvalue weighted by Crippen LogP contribution is 2.42. The molecule has 0 fully saturated rings. The van der Waals surface area contributed by atoms with Crippen LogP contribution in [0, 0.1) is 5.92 Å². The predicted octanol–water partition coefficient (Wildman–Crippen LogP) is 3.90. The van der Waals surface area contributed by atoms with E-state index in [-0.39, 0.29) is 36.0 Å². The normalized spacial score (nSPS) is 17.1. The van der Waals surface area contributed by atoms with E-state index >= 15 is 0 Å². The number of Topliss-reactive ketones (excluding diaryl/α,β-unsaturated/α-hetero) is 1. The lowest BCUT2D eigenvalue weighted by Crippen LogP contribution is -2.30. The minimum atomic E-state index is -0.815. The summed E-state index contributed by atoms with van der Waals surface area (Å²) in [6.07, 6.45) is 0.218. The number of benzene rings is 2. The Morgan fingerprint density at radius 2 is 1.67 bits per heavy atom. The zero-order chi connectivity index (χ0) is 19.6. The Morgan fingerprint density at radius 3 is 2.30 bits per heavy atom. The van der Waals surface area contributed by atoms with Crippen molar-refractivity contribution in [2.75, 3.05) is 0 Å². The number of carbonyl (C=O) groups excluding carboxylic acids is 2.